The highest BCUT2D eigenvalue weighted by Crippen LogP contribution is 2.52. The normalized spacial score (nSPS) is 16.9. The van der Waals surface area contributed by atoms with E-state index >= 15 is 0 Å². The summed E-state index contributed by atoms with van der Waals surface area (Å²) in [6.45, 7) is 12.1. The fraction of sp³-hybridized carbons (Fsp3) is 0.114. The van der Waals surface area contributed by atoms with Crippen LogP contribution in [0, 0.1) is 22.7 Å². The molecule has 0 atom stereocenters. The lowest BCUT2D eigenvalue weighted by Crippen LogP contribution is -2.17. The highest BCUT2D eigenvalue weighted by atomic mass is 32.1. The van der Waals surface area contributed by atoms with Crippen LogP contribution in [-0.2, 0) is 10.8 Å². The van der Waals surface area contributed by atoms with Crippen LogP contribution in [0.5, 0.6) is 0 Å². The van der Waals surface area contributed by atoms with Crippen LogP contribution in [0.25, 0.3) is 130 Å². The topological polar surface area (TPSA) is 67.3 Å². The van der Waals surface area contributed by atoms with Gasteiger partial charge in [0.1, 0.15) is 23.3 Å². The van der Waals surface area contributed by atoms with Crippen molar-refractivity contribution < 1.29 is 32.9 Å². The van der Waals surface area contributed by atoms with E-state index in [0.29, 0.717) is 20.9 Å². The first-order chi connectivity index (χ1) is 47.4. The largest absolute Gasteiger partial charge is 0.306 e. The summed E-state index contributed by atoms with van der Waals surface area (Å²) < 4.78 is 235. The summed E-state index contributed by atoms with van der Waals surface area (Å²) >= 11 is 1.34. The van der Waals surface area contributed by atoms with Gasteiger partial charge in [-0.3, -0.25) is 0 Å². The molecule has 0 radical (unpaired) electrons. The Kier molecular flexibility index (Phi) is 5.61. The third-order valence-corrected chi connectivity index (χ3v) is 15.8. The zero-order valence-electron chi connectivity index (χ0n) is 65.7. The molecule has 0 aliphatic heterocycles. The number of aromatic nitrogens is 4. The van der Waals surface area contributed by atoms with Gasteiger partial charge in [0, 0.05) is 58.6 Å². The van der Waals surface area contributed by atoms with Gasteiger partial charge in [-0.1, -0.05) is 175 Å². The first-order valence-electron chi connectivity index (χ1n) is 36.4. The number of para-hydroxylation sites is 6. The average molecular weight is 1030 g/mol. The Morgan fingerprint density at radius 3 is 1.18 bits per heavy atom. The molecule has 0 spiro atoms. The quantitative estimate of drug-likeness (QED) is 0.176. The van der Waals surface area contributed by atoms with E-state index in [1.807, 2.05) is 84.0 Å². The number of fused-ring (bicyclic) bond motifs is 16. The molecule has 15 rings (SSSR count). The molecule has 0 N–H and O–H groups in total. The third kappa shape index (κ3) is 6.15. The molecule has 0 bridgehead atoms. The standard InChI is InChI=1S/C70H50N6S/c1-69(2,3)41-35-36-60-49(37-41)50-38-53(70(4,5)6)62-48-27-13-20-34-61(48)77-68(62)67(50)76(60)66-52(40-72)64(74-56-30-16-9-23-44(56)45-24-10-17-31-57(45)74)63(73-54-28-14-7-21-42(54)43-22-8-15-29-55(43)73)51(39-71)65(66)75-58-32-18-11-25-46(58)47-26-12-19-33-59(47)75/h7-38H,1-6H3/i7D,8D,9D,10D,11D,12D,14D,15D,16D,17D,18D,19D,21D,22D,23D,24D,25D,26D,28D,29D,30D,31D,32D,33D. The maximum absolute atomic E-state index is 13.3. The van der Waals surface area contributed by atoms with Crippen molar-refractivity contribution in [3.63, 3.8) is 0 Å². The Balaban J connectivity index is 1.42. The zero-order chi connectivity index (χ0) is 73.1. The molecule has 0 unspecified atom stereocenters. The molecule has 77 heavy (non-hydrogen) atoms. The molecule has 366 valence electrons. The number of benzene rings is 10. The van der Waals surface area contributed by atoms with Crippen LogP contribution in [0.2, 0.25) is 0 Å². The van der Waals surface area contributed by atoms with Crippen LogP contribution in [0.4, 0.5) is 0 Å². The van der Waals surface area contributed by atoms with Crippen LogP contribution in [-0.4, -0.2) is 18.3 Å². The van der Waals surface area contributed by atoms with Gasteiger partial charge in [0.15, 0.2) is 0 Å². The molecule has 15 aromatic rings. The van der Waals surface area contributed by atoms with Crippen LogP contribution in [0.15, 0.2) is 194 Å². The first kappa shape index (κ1) is 26.9. The second kappa shape index (κ2) is 16.1. The molecule has 10 aromatic carbocycles. The van der Waals surface area contributed by atoms with Gasteiger partial charge < -0.3 is 18.3 Å². The van der Waals surface area contributed by atoms with Gasteiger partial charge in [0.05, 0.1) is 104 Å². The molecule has 0 amide bonds. The molecule has 0 saturated carbocycles. The maximum Gasteiger partial charge on any atom is 0.104 e. The van der Waals surface area contributed by atoms with Crippen molar-refractivity contribution in [2.45, 2.75) is 52.4 Å². The number of nitrogens with zero attached hydrogens (tertiary/aromatic N) is 6. The van der Waals surface area contributed by atoms with E-state index in [9.17, 15) is 35.2 Å². The second-order valence-corrected chi connectivity index (χ2v) is 22.0. The summed E-state index contributed by atoms with van der Waals surface area (Å²) in [5.74, 6) is 0. The Bertz CT molecular complexity index is 6390. The minimum Gasteiger partial charge on any atom is -0.306 e. The highest BCUT2D eigenvalue weighted by Gasteiger charge is 2.36. The molecule has 5 heterocycles. The Morgan fingerprint density at radius 1 is 0.403 bits per heavy atom. The Morgan fingerprint density at radius 2 is 0.792 bits per heavy atom. The Hall–Kier alpha value is -9.40. The number of hydrogen-bond donors (Lipinski definition) is 0. The molecule has 0 aliphatic rings. The van der Waals surface area contributed by atoms with Gasteiger partial charge in [-0.15, -0.1) is 11.3 Å². The molecular weight excluding hydrogens is 957 g/mol. The van der Waals surface area contributed by atoms with Crippen molar-refractivity contribution in [3.05, 3.63) is 216 Å². The van der Waals surface area contributed by atoms with Crippen molar-refractivity contribution in [1.82, 2.24) is 18.3 Å². The molecule has 7 heteroatoms. The van der Waals surface area contributed by atoms with E-state index in [-0.39, 0.29) is 11.0 Å². The summed E-state index contributed by atoms with van der Waals surface area (Å²) in [5, 5.41) is 25.6. The fourth-order valence-corrected chi connectivity index (χ4v) is 12.7. The van der Waals surface area contributed by atoms with Gasteiger partial charge in [0.2, 0.25) is 0 Å². The van der Waals surface area contributed by atoms with Crippen molar-refractivity contribution in [2.75, 3.05) is 0 Å². The molecule has 6 nitrogen and oxygen atoms in total. The zero-order valence-corrected chi connectivity index (χ0v) is 42.5. The lowest BCUT2D eigenvalue weighted by atomic mass is 9.82. The summed E-state index contributed by atoms with van der Waals surface area (Å²) in [6.07, 6.45) is 0. The highest BCUT2D eigenvalue weighted by molar-refractivity contribution is 7.26. The van der Waals surface area contributed by atoms with Crippen molar-refractivity contribution in [3.8, 4) is 34.9 Å². The van der Waals surface area contributed by atoms with Gasteiger partial charge >= 0.3 is 0 Å². The molecule has 0 aliphatic carbocycles. The van der Waals surface area contributed by atoms with Crippen molar-refractivity contribution >= 4 is 119 Å². The number of hydrogen-bond acceptors (Lipinski definition) is 3. The Labute approximate surface area is 482 Å². The van der Waals surface area contributed by atoms with Crippen LogP contribution in [0.1, 0.15) is 96.7 Å². The average Bonchev–Trinajstić information content (AvgIpc) is 1.53. The van der Waals surface area contributed by atoms with E-state index < -0.39 is 255 Å². The van der Waals surface area contributed by atoms with Crippen LogP contribution < -0.4 is 0 Å². The van der Waals surface area contributed by atoms with E-state index in [1.165, 1.54) is 11.3 Å². The minimum atomic E-state index is -0.976. The van der Waals surface area contributed by atoms with E-state index in [1.54, 1.807) is 10.6 Å². The van der Waals surface area contributed by atoms with Gasteiger partial charge in [-0.05, 0) is 82.5 Å². The molecule has 0 fully saturated rings. The fourth-order valence-electron chi connectivity index (χ4n) is 11.4. The monoisotopic (exact) mass is 1030 g/mol. The maximum atomic E-state index is 13.3. The van der Waals surface area contributed by atoms with Crippen LogP contribution >= 0.6 is 11.3 Å². The number of thiophene rings is 1. The predicted molar refractivity (Wildman–Crippen MR) is 324 cm³/mol. The number of nitriles is 2. The van der Waals surface area contributed by atoms with E-state index in [0.717, 1.165) is 34.9 Å². The summed E-state index contributed by atoms with van der Waals surface area (Å²) in [4.78, 5) is 0. The third-order valence-electron chi connectivity index (χ3n) is 14.7. The lowest BCUT2D eigenvalue weighted by molar-refractivity contribution is 0.591. The van der Waals surface area contributed by atoms with Crippen LogP contribution in [0.3, 0.4) is 0 Å². The first-order valence-corrected chi connectivity index (χ1v) is 25.2. The van der Waals surface area contributed by atoms with E-state index in [4.69, 9.17) is 8.22 Å². The number of rotatable bonds is 4. The minimum absolute atomic E-state index is 0.230. The predicted octanol–water partition coefficient (Wildman–Crippen LogP) is 18.8. The van der Waals surface area contributed by atoms with Gasteiger partial charge in [-0.2, -0.15) is 10.5 Å². The summed E-state index contributed by atoms with van der Waals surface area (Å²) in [7, 11) is 0. The SMILES string of the molecule is [2H]c1c([2H])c([2H])c2c(c1[2H])c1c([2H])c([2H])c([2H])c([2H])c1n2-c1c(C#N)c(-n2c3c([2H])c([2H])c([2H])c([2H])c3c3c([2H])c([2H])c([2H])c([2H])c32)c(-n2c3ccc(C(C)(C)C)cc3c3cc(C(C)(C)C)c4c5ccccc5sc4c32)c(C#N)c1-n1c2c([2H])c([2H])c([2H])c([2H])c2c2c([2H])c([2H])c([2H])c([2H])c21. The molecule has 5 aromatic heterocycles. The summed E-state index contributed by atoms with van der Waals surface area (Å²) in [5.41, 5.74) is -7.69. The smallest absolute Gasteiger partial charge is 0.104 e. The molecule has 0 saturated heterocycles. The second-order valence-electron chi connectivity index (χ2n) is 20.9. The van der Waals surface area contributed by atoms with Gasteiger partial charge in [0.25, 0.3) is 0 Å². The van der Waals surface area contributed by atoms with Gasteiger partial charge in [-0.25, -0.2) is 0 Å². The van der Waals surface area contributed by atoms with E-state index in [2.05, 4.69) is 12.1 Å². The summed E-state index contributed by atoms with van der Waals surface area (Å²) in [6, 6.07) is -2.15. The lowest BCUT2D eigenvalue weighted by Gasteiger charge is -2.27. The van der Waals surface area contributed by atoms with Crippen molar-refractivity contribution in [1.29, 1.82) is 10.5 Å². The molecular formula is C70H50N6S. The van der Waals surface area contributed by atoms with Crippen molar-refractivity contribution in [2.24, 2.45) is 0 Å².